The second kappa shape index (κ2) is 3.87. The van der Waals surface area contributed by atoms with Crippen molar-refractivity contribution in [2.24, 2.45) is 0 Å². The largest absolute Gasteiger partial charge is 0.394 e. The van der Waals surface area contributed by atoms with Gasteiger partial charge in [-0.3, -0.25) is 4.79 Å². The fourth-order valence-corrected chi connectivity index (χ4v) is 1.78. The molecule has 12 heavy (non-hydrogen) atoms. The van der Waals surface area contributed by atoms with Gasteiger partial charge in [-0.05, 0) is 6.42 Å². The molecule has 4 nitrogen and oxygen atoms in total. The van der Waals surface area contributed by atoms with Gasteiger partial charge in [0.1, 0.15) is 12.1 Å². The first-order valence-electron chi connectivity index (χ1n) is 4.38. The Morgan fingerprint density at radius 3 is 2.83 bits per heavy atom. The molecule has 1 fully saturated rings. The molecule has 4 heteroatoms. The Balaban J connectivity index is 2.64. The maximum absolute atomic E-state index is 11.1. The van der Waals surface area contributed by atoms with Crippen LogP contribution in [0.15, 0.2) is 0 Å². The number of carbonyl (C=O) groups is 1. The van der Waals surface area contributed by atoms with Crippen LogP contribution < -0.4 is 5.73 Å². The van der Waals surface area contributed by atoms with Crippen molar-refractivity contribution in [2.75, 3.05) is 13.2 Å². The number of likely N-dealkylation sites (tertiary alicyclic amines) is 1. The average Bonchev–Trinajstić information content (AvgIpc) is 2.03. The molecule has 4 N–H and O–H groups in total. The molecule has 2 unspecified atom stereocenters. The first-order chi connectivity index (χ1) is 5.66. The Hall–Kier alpha value is -0.610. The number of hydrogen-bond acceptors (Lipinski definition) is 2. The Bertz CT molecular complexity index is 172. The van der Waals surface area contributed by atoms with Crippen LogP contribution in [0.3, 0.4) is 0 Å². The van der Waals surface area contributed by atoms with Gasteiger partial charge in [-0.2, -0.15) is 0 Å². The van der Waals surface area contributed by atoms with Crippen LogP contribution in [-0.2, 0) is 4.79 Å². The van der Waals surface area contributed by atoms with Crippen molar-refractivity contribution >= 4 is 5.91 Å². The second-order valence-corrected chi connectivity index (χ2v) is 3.36. The van der Waals surface area contributed by atoms with E-state index in [2.05, 4.69) is 5.73 Å². The van der Waals surface area contributed by atoms with Gasteiger partial charge >= 0.3 is 0 Å². The van der Waals surface area contributed by atoms with E-state index in [4.69, 9.17) is 5.11 Å². The lowest BCUT2D eigenvalue weighted by Crippen LogP contribution is -2.72. The highest BCUT2D eigenvalue weighted by molar-refractivity contribution is 5.73. The van der Waals surface area contributed by atoms with Gasteiger partial charge in [-0.1, -0.05) is 0 Å². The Labute approximate surface area is 72.3 Å². The lowest BCUT2D eigenvalue weighted by Gasteiger charge is -2.35. The lowest BCUT2D eigenvalue weighted by atomic mass is 9.97. The monoisotopic (exact) mass is 173 g/mol. The first-order valence-corrected chi connectivity index (χ1v) is 4.38. The molecule has 0 bridgehead atoms. The summed E-state index contributed by atoms with van der Waals surface area (Å²) in [6.45, 7) is 2.35. The fourth-order valence-electron chi connectivity index (χ4n) is 1.78. The third-order valence-corrected chi connectivity index (χ3v) is 2.51. The van der Waals surface area contributed by atoms with Gasteiger partial charge in [0.05, 0.1) is 6.61 Å². The molecule has 1 aliphatic heterocycles. The van der Waals surface area contributed by atoms with Crippen LogP contribution in [0, 0.1) is 0 Å². The van der Waals surface area contributed by atoms with Gasteiger partial charge in [0.15, 0.2) is 0 Å². The van der Waals surface area contributed by atoms with Crippen LogP contribution in [0.4, 0.5) is 0 Å². The molecule has 1 amide bonds. The molecule has 1 saturated heterocycles. The highest BCUT2D eigenvalue weighted by Gasteiger charge is 2.32. The number of amides is 1. The van der Waals surface area contributed by atoms with Gasteiger partial charge in [-0.15, -0.1) is 0 Å². The van der Waals surface area contributed by atoms with E-state index in [9.17, 15) is 4.79 Å². The summed E-state index contributed by atoms with van der Waals surface area (Å²) in [7, 11) is 0. The van der Waals surface area contributed by atoms with Crippen LogP contribution in [-0.4, -0.2) is 41.1 Å². The van der Waals surface area contributed by atoms with E-state index in [0.717, 1.165) is 19.4 Å². The number of hydrogen-bond donors (Lipinski definition) is 2. The molecule has 0 spiro atoms. The van der Waals surface area contributed by atoms with Crippen LogP contribution >= 0.6 is 0 Å². The predicted molar refractivity (Wildman–Crippen MR) is 44.2 cm³/mol. The van der Waals surface area contributed by atoms with E-state index in [0.29, 0.717) is 0 Å². The van der Waals surface area contributed by atoms with Crippen molar-refractivity contribution in [3.05, 3.63) is 0 Å². The summed E-state index contributed by atoms with van der Waals surface area (Å²) in [6.07, 6.45) is 2.01. The molecule has 0 aromatic heterocycles. The topological polar surface area (TPSA) is 68.2 Å². The smallest absolute Gasteiger partial charge is 0.219 e. The number of quaternary nitrogens is 1. The third-order valence-electron chi connectivity index (χ3n) is 2.51. The number of aliphatic hydroxyl groups excluding tert-OH is 1. The van der Waals surface area contributed by atoms with Crippen LogP contribution in [0.5, 0.6) is 0 Å². The average molecular weight is 173 g/mol. The molecule has 0 aromatic rings. The molecular weight excluding hydrogens is 156 g/mol. The zero-order chi connectivity index (χ0) is 9.14. The molecule has 1 heterocycles. The Kier molecular flexibility index (Phi) is 3.05. The summed E-state index contributed by atoms with van der Waals surface area (Å²) in [6, 6.07) is 0.129. The van der Waals surface area contributed by atoms with Crippen LogP contribution in [0.25, 0.3) is 0 Å². The summed E-state index contributed by atoms with van der Waals surface area (Å²) < 4.78 is 0. The van der Waals surface area contributed by atoms with Crippen molar-refractivity contribution in [1.82, 2.24) is 4.90 Å². The molecule has 1 aliphatic rings. The van der Waals surface area contributed by atoms with Crippen molar-refractivity contribution in [1.29, 1.82) is 0 Å². The number of aliphatic hydroxyl groups is 1. The van der Waals surface area contributed by atoms with Gasteiger partial charge in [-0.25, -0.2) is 0 Å². The molecule has 0 saturated carbocycles. The van der Waals surface area contributed by atoms with Crippen molar-refractivity contribution in [3.63, 3.8) is 0 Å². The summed E-state index contributed by atoms with van der Waals surface area (Å²) >= 11 is 0. The van der Waals surface area contributed by atoms with E-state index in [1.807, 2.05) is 0 Å². The number of piperidine rings is 1. The minimum Gasteiger partial charge on any atom is -0.394 e. The van der Waals surface area contributed by atoms with Crippen molar-refractivity contribution in [2.45, 2.75) is 31.8 Å². The number of rotatable bonds is 1. The normalized spacial score (nSPS) is 30.4. The molecule has 0 aromatic carbocycles. The highest BCUT2D eigenvalue weighted by Crippen LogP contribution is 2.14. The standard InChI is InChI=1S/C8H16N2O2/c1-6(12)10-4-2-3-7(9)8(10)5-11/h7-8,11H,2-5,9H2,1H3/p+1. The molecule has 1 rings (SSSR count). The fraction of sp³-hybridized carbons (Fsp3) is 0.875. The maximum Gasteiger partial charge on any atom is 0.219 e. The lowest BCUT2D eigenvalue weighted by molar-refractivity contribution is -0.437. The maximum atomic E-state index is 11.1. The minimum absolute atomic E-state index is 0.0355. The summed E-state index contributed by atoms with van der Waals surface area (Å²) in [5.41, 5.74) is 3.93. The first kappa shape index (κ1) is 9.48. The highest BCUT2D eigenvalue weighted by atomic mass is 16.3. The minimum atomic E-state index is -0.0590. The van der Waals surface area contributed by atoms with Crippen molar-refractivity contribution < 1.29 is 15.6 Å². The van der Waals surface area contributed by atoms with Crippen molar-refractivity contribution in [3.8, 4) is 0 Å². The summed E-state index contributed by atoms with van der Waals surface area (Å²) in [4.78, 5) is 12.8. The van der Waals surface area contributed by atoms with E-state index in [-0.39, 0.29) is 24.6 Å². The van der Waals surface area contributed by atoms with Crippen LogP contribution in [0.2, 0.25) is 0 Å². The summed E-state index contributed by atoms with van der Waals surface area (Å²) in [5, 5.41) is 9.05. The van der Waals surface area contributed by atoms with E-state index >= 15 is 0 Å². The molecule has 2 atom stereocenters. The molecule has 0 radical (unpaired) electrons. The van der Waals surface area contributed by atoms with Gasteiger partial charge in [0.2, 0.25) is 5.91 Å². The Morgan fingerprint density at radius 2 is 2.42 bits per heavy atom. The molecule has 0 aliphatic carbocycles. The predicted octanol–water partition coefficient (Wildman–Crippen LogP) is -1.40. The van der Waals surface area contributed by atoms with E-state index < -0.39 is 0 Å². The number of carbonyl (C=O) groups excluding carboxylic acids is 1. The van der Waals surface area contributed by atoms with Gasteiger partial charge < -0.3 is 15.7 Å². The van der Waals surface area contributed by atoms with E-state index in [1.54, 1.807) is 11.8 Å². The van der Waals surface area contributed by atoms with Gasteiger partial charge in [0.25, 0.3) is 0 Å². The quantitative estimate of drug-likeness (QED) is 0.512. The Morgan fingerprint density at radius 1 is 1.75 bits per heavy atom. The third kappa shape index (κ3) is 1.76. The molecular formula is C8H17N2O2+. The van der Waals surface area contributed by atoms with E-state index in [1.165, 1.54) is 0 Å². The SMILES string of the molecule is CC(=O)N1CCCC([NH3+])C1CO. The number of nitrogens with zero attached hydrogens (tertiary/aromatic N) is 1. The zero-order valence-corrected chi connectivity index (χ0v) is 7.49. The second-order valence-electron chi connectivity index (χ2n) is 3.36. The summed E-state index contributed by atoms with van der Waals surface area (Å²) in [5.74, 6) is 0.0439. The van der Waals surface area contributed by atoms with Crippen LogP contribution in [0.1, 0.15) is 19.8 Å². The van der Waals surface area contributed by atoms with Gasteiger partial charge in [0, 0.05) is 19.9 Å². The molecule has 70 valence electrons. The zero-order valence-electron chi connectivity index (χ0n) is 7.49.